The van der Waals surface area contributed by atoms with E-state index in [9.17, 15) is 13.2 Å². The van der Waals surface area contributed by atoms with E-state index in [1.807, 2.05) is 0 Å². The van der Waals surface area contributed by atoms with Gasteiger partial charge in [0.1, 0.15) is 0 Å². The fourth-order valence-corrected chi connectivity index (χ4v) is 0.637. The first-order valence-corrected chi connectivity index (χ1v) is 2.94. The first-order valence-electron chi connectivity index (χ1n) is 2.94. The van der Waals surface area contributed by atoms with Gasteiger partial charge in [0.05, 0.1) is 0 Å². The van der Waals surface area contributed by atoms with E-state index in [0.29, 0.717) is 0 Å². The van der Waals surface area contributed by atoms with E-state index in [0.717, 1.165) is 10.7 Å². The Morgan fingerprint density at radius 1 is 1.55 bits per heavy atom. The third-order valence-electron chi connectivity index (χ3n) is 1.16. The summed E-state index contributed by atoms with van der Waals surface area (Å²) in [5.74, 6) is 0. The van der Waals surface area contributed by atoms with Gasteiger partial charge >= 0.3 is 6.18 Å². The van der Waals surface area contributed by atoms with E-state index < -0.39 is 11.9 Å². The molecule has 0 saturated carbocycles. The van der Waals surface area contributed by atoms with E-state index in [2.05, 4.69) is 12.0 Å². The molecule has 0 bridgehead atoms. The van der Waals surface area contributed by atoms with Gasteiger partial charge in [-0.3, -0.25) is 4.68 Å². The molecule has 1 heterocycles. The van der Waals surface area contributed by atoms with Gasteiger partial charge in [-0.05, 0) is 13.0 Å². The van der Waals surface area contributed by atoms with Gasteiger partial charge in [-0.1, -0.05) is 0 Å². The topological polar surface area (TPSA) is 17.8 Å². The molecule has 0 aliphatic rings. The highest BCUT2D eigenvalue weighted by molar-refractivity contribution is 5.03. The minimum absolute atomic E-state index is 0.204. The van der Waals surface area contributed by atoms with Gasteiger partial charge in [0.2, 0.25) is 0 Å². The summed E-state index contributed by atoms with van der Waals surface area (Å²) in [7, 11) is 0. The van der Waals surface area contributed by atoms with Crippen molar-refractivity contribution >= 4 is 0 Å². The Hall–Kier alpha value is -1.00. The van der Waals surface area contributed by atoms with Crippen molar-refractivity contribution in [3.8, 4) is 0 Å². The van der Waals surface area contributed by atoms with Gasteiger partial charge < -0.3 is 0 Å². The Labute approximate surface area is 61.6 Å². The zero-order chi connectivity index (χ0) is 8.48. The van der Waals surface area contributed by atoms with Gasteiger partial charge in [-0.15, -0.1) is 0 Å². The van der Waals surface area contributed by atoms with Crippen molar-refractivity contribution in [2.75, 3.05) is 0 Å². The molecular formula is C6H6F3N2. The van der Waals surface area contributed by atoms with Crippen LogP contribution < -0.4 is 0 Å². The average molecular weight is 163 g/mol. The molecule has 2 nitrogen and oxygen atoms in total. The SMILES string of the molecule is [CH2]Cn1ccc(C(F)(F)F)n1. The molecule has 0 aliphatic heterocycles. The van der Waals surface area contributed by atoms with Gasteiger partial charge in [0.15, 0.2) is 5.69 Å². The van der Waals surface area contributed by atoms with Gasteiger partial charge in [-0.25, -0.2) is 0 Å². The summed E-state index contributed by atoms with van der Waals surface area (Å²) in [6.07, 6.45) is -3.10. The number of aromatic nitrogens is 2. The monoisotopic (exact) mass is 163 g/mol. The summed E-state index contributed by atoms with van der Waals surface area (Å²) in [5.41, 5.74) is -0.874. The lowest BCUT2D eigenvalue weighted by Crippen LogP contribution is -2.07. The predicted molar refractivity (Wildman–Crippen MR) is 32.6 cm³/mol. The van der Waals surface area contributed by atoms with Crippen LogP contribution in [0.2, 0.25) is 0 Å². The maximum atomic E-state index is 11.8. The van der Waals surface area contributed by atoms with Crippen molar-refractivity contribution in [1.29, 1.82) is 0 Å². The Kier molecular flexibility index (Phi) is 1.89. The van der Waals surface area contributed by atoms with Crippen molar-refractivity contribution in [3.05, 3.63) is 24.9 Å². The molecule has 0 atom stereocenters. The molecule has 1 rings (SSSR count). The highest BCUT2D eigenvalue weighted by Crippen LogP contribution is 2.26. The van der Waals surface area contributed by atoms with Crippen molar-refractivity contribution < 1.29 is 13.2 Å². The lowest BCUT2D eigenvalue weighted by atomic mass is 10.4. The van der Waals surface area contributed by atoms with Crippen LogP contribution in [0.3, 0.4) is 0 Å². The van der Waals surface area contributed by atoms with E-state index in [-0.39, 0.29) is 6.54 Å². The number of nitrogens with zero attached hydrogens (tertiary/aromatic N) is 2. The smallest absolute Gasteiger partial charge is 0.272 e. The summed E-state index contributed by atoms with van der Waals surface area (Å²) in [4.78, 5) is 0. The number of halogens is 3. The third kappa shape index (κ3) is 1.72. The standard InChI is InChI=1S/C6H6F3N2/c1-2-11-4-3-5(10-11)6(7,8)9/h3-4H,1-2H2. The third-order valence-corrected chi connectivity index (χ3v) is 1.16. The summed E-state index contributed by atoms with van der Waals surface area (Å²) in [6.45, 7) is 3.59. The van der Waals surface area contributed by atoms with Crippen molar-refractivity contribution in [3.63, 3.8) is 0 Å². The molecule has 0 unspecified atom stereocenters. The number of hydrogen-bond acceptors (Lipinski definition) is 1. The lowest BCUT2D eigenvalue weighted by molar-refractivity contribution is -0.141. The molecule has 11 heavy (non-hydrogen) atoms. The zero-order valence-corrected chi connectivity index (χ0v) is 5.60. The lowest BCUT2D eigenvalue weighted by Gasteiger charge is -1.99. The molecule has 5 heteroatoms. The molecule has 1 radical (unpaired) electrons. The second-order valence-electron chi connectivity index (χ2n) is 1.96. The van der Waals surface area contributed by atoms with E-state index in [1.165, 1.54) is 6.20 Å². The van der Waals surface area contributed by atoms with Crippen LogP contribution in [0, 0.1) is 6.92 Å². The highest BCUT2D eigenvalue weighted by atomic mass is 19.4. The van der Waals surface area contributed by atoms with E-state index >= 15 is 0 Å². The van der Waals surface area contributed by atoms with Gasteiger partial charge in [0.25, 0.3) is 0 Å². The average Bonchev–Trinajstić information content (AvgIpc) is 2.32. The molecule has 0 spiro atoms. The molecule has 0 amide bonds. The van der Waals surface area contributed by atoms with Gasteiger partial charge in [0, 0.05) is 12.7 Å². The molecule has 0 aromatic carbocycles. The maximum absolute atomic E-state index is 11.8. The van der Waals surface area contributed by atoms with E-state index in [1.54, 1.807) is 0 Å². The van der Waals surface area contributed by atoms with E-state index in [4.69, 9.17) is 0 Å². The largest absolute Gasteiger partial charge is 0.435 e. The van der Waals surface area contributed by atoms with Crippen LogP contribution in [0.15, 0.2) is 12.3 Å². The Morgan fingerprint density at radius 3 is 2.45 bits per heavy atom. The molecule has 1 aromatic heterocycles. The second kappa shape index (κ2) is 2.56. The van der Waals surface area contributed by atoms with Crippen LogP contribution in [0.25, 0.3) is 0 Å². The van der Waals surface area contributed by atoms with Crippen LogP contribution in [-0.4, -0.2) is 9.78 Å². The Balaban J connectivity index is 2.89. The minimum atomic E-state index is -4.35. The minimum Gasteiger partial charge on any atom is -0.272 e. The van der Waals surface area contributed by atoms with Crippen LogP contribution in [0.5, 0.6) is 0 Å². The Bertz CT molecular complexity index is 238. The van der Waals surface area contributed by atoms with Crippen molar-refractivity contribution in [2.24, 2.45) is 0 Å². The summed E-state index contributed by atoms with van der Waals surface area (Å²) >= 11 is 0. The van der Waals surface area contributed by atoms with Crippen molar-refractivity contribution in [1.82, 2.24) is 9.78 Å². The number of alkyl halides is 3. The number of hydrogen-bond donors (Lipinski definition) is 0. The first-order chi connectivity index (χ1) is 5.04. The van der Waals surface area contributed by atoms with Crippen LogP contribution in [-0.2, 0) is 12.7 Å². The molecule has 0 fully saturated rings. The molecule has 0 aliphatic carbocycles. The van der Waals surface area contributed by atoms with Crippen molar-refractivity contribution in [2.45, 2.75) is 12.7 Å². The van der Waals surface area contributed by atoms with Gasteiger partial charge in [-0.2, -0.15) is 18.3 Å². The fraction of sp³-hybridized carbons (Fsp3) is 0.333. The maximum Gasteiger partial charge on any atom is 0.435 e. The molecule has 0 saturated heterocycles. The fourth-order valence-electron chi connectivity index (χ4n) is 0.637. The summed E-state index contributed by atoms with van der Waals surface area (Å²) in [6, 6.07) is 0.922. The highest BCUT2D eigenvalue weighted by Gasteiger charge is 2.33. The normalized spacial score (nSPS) is 12.0. The zero-order valence-electron chi connectivity index (χ0n) is 5.60. The molecule has 61 valence electrons. The molecule has 1 aromatic rings. The predicted octanol–water partition coefficient (Wildman–Crippen LogP) is 1.74. The second-order valence-corrected chi connectivity index (χ2v) is 1.96. The molecule has 0 N–H and O–H groups in total. The first kappa shape index (κ1) is 8.10. The summed E-state index contributed by atoms with van der Waals surface area (Å²) < 4.78 is 36.7. The van der Waals surface area contributed by atoms with Crippen LogP contribution in [0.1, 0.15) is 5.69 Å². The summed E-state index contributed by atoms with van der Waals surface area (Å²) in [5, 5.41) is 3.23. The van der Waals surface area contributed by atoms with Crippen LogP contribution in [0.4, 0.5) is 13.2 Å². The quantitative estimate of drug-likeness (QED) is 0.616. The number of rotatable bonds is 1. The van der Waals surface area contributed by atoms with Crippen LogP contribution >= 0.6 is 0 Å². The molecular weight excluding hydrogens is 157 g/mol. The Morgan fingerprint density at radius 2 is 2.18 bits per heavy atom.